The Hall–Kier alpha value is -1.95. The molecule has 0 aliphatic heterocycles. The van der Waals surface area contributed by atoms with E-state index in [1.165, 1.54) is 19.2 Å². The lowest BCUT2D eigenvalue weighted by molar-refractivity contribution is -0.142. The van der Waals surface area contributed by atoms with Crippen LogP contribution in [0.15, 0.2) is 18.2 Å². The van der Waals surface area contributed by atoms with E-state index in [1.807, 2.05) is 0 Å². The maximum Gasteiger partial charge on any atom is 0.338 e. The number of halogens is 1. The molecule has 5 nitrogen and oxygen atoms in total. The minimum Gasteiger partial charge on any atom is -0.478 e. The van der Waals surface area contributed by atoms with Crippen molar-refractivity contribution in [2.45, 2.75) is 19.5 Å². The molecule has 0 bridgehead atoms. The molecule has 1 aromatic rings. The summed E-state index contributed by atoms with van der Waals surface area (Å²) in [6.07, 6.45) is 0. The van der Waals surface area contributed by atoms with Crippen LogP contribution in [0.5, 0.6) is 0 Å². The SMILES string of the molecule is COC(=O)C(C)NCc1ccc(C(=O)O)c(F)c1. The van der Waals surface area contributed by atoms with Gasteiger partial charge in [-0.15, -0.1) is 0 Å². The first kappa shape index (κ1) is 14.1. The fourth-order valence-electron chi connectivity index (χ4n) is 1.37. The minimum absolute atomic E-state index is 0.243. The van der Waals surface area contributed by atoms with Gasteiger partial charge in [0.05, 0.1) is 12.7 Å². The highest BCUT2D eigenvalue weighted by Gasteiger charge is 2.13. The monoisotopic (exact) mass is 255 g/mol. The molecular weight excluding hydrogens is 241 g/mol. The maximum atomic E-state index is 13.3. The summed E-state index contributed by atoms with van der Waals surface area (Å²) in [7, 11) is 1.28. The largest absolute Gasteiger partial charge is 0.478 e. The van der Waals surface area contributed by atoms with Crippen molar-refractivity contribution in [2.75, 3.05) is 7.11 Å². The predicted octanol–water partition coefficient (Wildman–Crippen LogP) is 1.17. The van der Waals surface area contributed by atoms with Crippen molar-refractivity contribution in [3.8, 4) is 0 Å². The van der Waals surface area contributed by atoms with Gasteiger partial charge in [0.2, 0.25) is 0 Å². The summed E-state index contributed by atoms with van der Waals surface area (Å²) in [6.45, 7) is 1.86. The molecule has 0 saturated carbocycles. The summed E-state index contributed by atoms with van der Waals surface area (Å²) in [5.41, 5.74) is 0.174. The number of benzene rings is 1. The second kappa shape index (κ2) is 6.11. The predicted molar refractivity (Wildman–Crippen MR) is 61.7 cm³/mol. The summed E-state index contributed by atoms with van der Waals surface area (Å²) < 4.78 is 17.9. The average molecular weight is 255 g/mol. The van der Waals surface area contributed by atoms with Crippen molar-refractivity contribution in [3.63, 3.8) is 0 Å². The zero-order chi connectivity index (χ0) is 13.7. The Morgan fingerprint density at radius 2 is 2.17 bits per heavy atom. The molecule has 0 aliphatic rings. The molecule has 0 spiro atoms. The molecule has 1 unspecified atom stereocenters. The quantitative estimate of drug-likeness (QED) is 0.772. The molecule has 18 heavy (non-hydrogen) atoms. The molecule has 0 aromatic heterocycles. The van der Waals surface area contributed by atoms with E-state index in [1.54, 1.807) is 6.92 Å². The third-order valence-corrected chi connectivity index (χ3v) is 2.43. The van der Waals surface area contributed by atoms with Crippen molar-refractivity contribution >= 4 is 11.9 Å². The normalized spacial score (nSPS) is 11.9. The number of carbonyl (C=O) groups excluding carboxylic acids is 1. The van der Waals surface area contributed by atoms with Crippen LogP contribution in [0.2, 0.25) is 0 Å². The van der Waals surface area contributed by atoms with E-state index in [-0.39, 0.29) is 12.1 Å². The Morgan fingerprint density at radius 1 is 1.50 bits per heavy atom. The molecule has 98 valence electrons. The van der Waals surface area contributed by atoms with Crippen LogP contribution in [0, 0.1) is 5.82 Å². The van der Waals surface area contributed by atoms with Gasteiger partial charge in [-0.05, 0) is 24.6 Å². The number of hydrogen-bond acceptors (Lipinski definition) is 4. The summed E-state index contributed by atoms with van der Waals surface area (Å²) in [5.74, 6) is -2.53. The standard InChI is InChI=1S/C12H14FNO4/c1-7(12(17)18-2)14-6-8-3-4-9(11(15)16)10(13)5-8/h3-5,7,14H,6H2,1-2H3,(H,15,16). The number of carboxylic acids is 1. The summed E-state index contributed by atoms with van der Waals surface area (Å²) in [6, 6.07) is 3.29. The van der Waals surface area contributed by atoms with Gasteiger partial charge in [-0.25, -0.2) is 9.18 Å². The molecule has 0 saturated heterocycles. The summed E-state index contributed by atoms with van der Waals surface area (Å²) >= 11 is 0. The van der Waals surface area contributed by atoms with Crippen molar-refractivity contribution < 1.29 is 23.8 Å². The van der Waals surface area contributed by atoms with Crippen LogP contribution in [0.1, 0.15) is 22.8 Å². The number of ether oxygens (including phenoxy) is 1. The topological polar surface area (TPSA) is 75.6 Å². The smallest absolute Gasteiger partial charge is 0.338 e. The van der Waals surface area contributed by atoms with Crippen molar-refractivity contribution in [2.24, 2.45) is 0 Å². The molecule has 2 N–H and O–H groups in total. The fraction of sp³-hybridized carbons (Fsp3) is 0.333. The average Bonchev–Trinajstić information content (AvgIpc) is 2.34. The first-order valence-corrected chi connectivity index (χ1v) is 5.28. The van der Waals surface area contributed by atoms with Gasteiger partial charge in [0.15, 0.2) is 0 Å². The molecule has 0 heterocycles. The molecule has 1 atom stereocenters. The third-order valence-electron chi connectivity index (χ3n) is 2.43. The van der Waals surface area contributed by atoms with Gasteiger partial charge in [-0.3, -0.25) is 4.79 Å². The van der Waals surface area contributed by atoms with Gasteiger partial charge >= 0.3 is 11.9 Å². The Bertz CT molecular complexity index is 461. The van der Waals surface area contributed by atoms with Gasteiger partial charge in [0, 0.05) is 6.54 Å². The molecule has 6 heteroatoms. The van der Waals surface area contributed by atoms with Crippen LogP contribution in [-0.2, 0) is 16.1 Å². The molecule has 0 radical (unpaired) electrons. The summed E-state index contributed by atoms with van der Waals surface area (Å²) in [4.78, 5) is 21.7. The van der Waals surface area contributed by atoms with Crippen LogP contribution in [0.4, 0.5) is 4.39 Å². The first-order valence-electron chi connectivity index (χ1n) is 5.28. The molecular formula is C12H14FNO4. The Morgan fingerprint density at radius 3 is 2.67 bits per heavy atom. The van der Waals surface area contributed by atoms with Crippen LogP contribution in [-0.4, -0.2) is 30.2 Å². The zero-order valence-corrected chi connectivity index (χ0v) is 10.1. The van der Waals surface area contributed by atoms with E-state index >= 15 is 0 Å². The molecule has 1 aromatic carbocycles. The lowest BCUT2D eigenvalue weighted by atomic mass is 10.1. The van der Waals surface area contributed by atoms with Crippen molar-refractivity contribution in [3.05, 3.63) is 35.1 Å². The van der Waals surface area contributed by atoms with Crippen LogP contribution >= 0.6 is 0 Å². The van der Waals surface area contributed by atoms with Gasteiger partial charge < -0.3 is 15.2 Å². The number of aromatic carboxylic acids is 1. The number of carbonyl (C=O) groups is 2. The van der Waals surface area contributed by atoms with Crippen molar-refractivity contribution in [1.29, 1.82) is 0 Å². The van der Waals surface area contributed by atoms with E-state index in [0.717, 1.165) is 6.07 Å². The second-order valence-electron chi connectivity index (χ2n) is 3.75. The van der Waals surface area contributed by atoms with Crippen LogP contribution < -0.4 is 5.32 Å². The van der Waals surface area contributed by atoms with E-state index in [4.69, 9.17) is 5.11 Å². The first-order chi connectivity index (χ1) is 8.45. The molecule has 0 fully saturated rings. The van der Waals surface area contributed by atoms with E-state index in [9.17, 15) is 14.0 Å². The number of hydrogen-bond donors (Lipinski definition) is 2. The van der Waals surface area contributed by atoms with Crippen LogP contribution in [0.3, 0.4) is 0 Å². The fourth-order valence-corrected chi connectivity index (χ4v) is 1.37. The van der Waals surface area contributed by atoms with Gasteiger partial charge in [0.1, 0.15) is 11.9 Å². The second-order valence-corrected chi connectivity index (χ2v) is 3.75. The highest BCUT2D eigenvalue weighted by Crippen LogP contribution is 2.10. The minimum atomic E-state index is -1.31. The van der Waals surface area contributed by atoms with Gasteiger partial charge in [-0.1, -0.05) is 6.07 Å². The number of esters is 1. The highest BCUT2D eigenvalue weighted by atomic mass is 19.1. The Balaban J connectivity index is 2.67. The number of rotatable bonds is 5. The maximum absolute atomic E-state index is 13.3. The van der Waals surface area contributed by atoms with Crippen molar-refractivity contribution in [1.82, 2.24) is 5.32 Å². The van der Waals surface area contributed by atoms with Gasteiger partial charge in [0.25, 0.3) is 0 Å². The lowest BCUT2D eigenvalue weighted by Crippen LogP contribution is -2.34. The number of carboxylic acid groups (broad SMARTS) is 1. The summed E-state index contributed by atoms with van der Waals surface area (Å²) in [5, 5.41) is 11.5. The molecule has 0 amide bonds. The Kier molecular flexibility index (Phi) is 4.79. The third kappa shape index (κ3) is 3.53. The Labute approximate surface area is 104 Å². The van der Waals surface area contributed by atoms with Gasteiger partial charge in [-0.2, -0.15) is 0 Å². The van der Waals surface area contributed by atoms with E-state index in [2.05, 4.69) is 10.1 Å². The molecule has 0 aliphatic carbocycles. The zero-order valence-electron chi connectivity index (χ0n) is 10.1. The molecule has 1 rings (SSSR count). The lowest BCUT2D eigenvalue weighted by Gasteiger charge is -2.11. The van der Waals surface area contributed by atoms with E-state index < -0.39 is 23.8 Å². The van der Waals surface area contributed by atoms with Crippen LogP contribution in [0.25, 0.3) is 0 Å². The highest BCUT2D eigenvalue weighted by molar-refractivity contribution is 5.87. The number of nitrogens with one attached hydrogen (secondary N) is 1. The number of methoxy groups -OCH3 is 1. The van der Waals surface area contributed by atoms with E-state index in [0.29, 0.717) is 5.56 Å².